The fourth-order valence-electron chi connectivity index (χ4n) is 0.661. The zero-order valence-electron chi connectivity index (χ0n) is 5.55. The average Bonchev–Trinajstić information content (AvgIpc) is 2.03. The standard InChI is InChI=1S/C7H9FN2/c8-3-6-10-7-1-4-9-5-2-7/h1-2,4-5H,3,6H2,(H,9,10). The molecule has 0 fully saturated rings. The molecule has 0 saturated carbocycles. The van der Waals surface area contributed by atoms with Crippen LogP contribution < -0.4 is 5.32 Å². The highest BCUT2D eigenvalue weighted by atomic mass is 19.1. The molecule has 0 aliphatic rings. The summed E-state index contributed by atoms with van der Waals surface area (Å²) in [4.78, 5) is 3.82. The molecule has 2 nitrogen and oxygen atoms in total. The van der Waals surface area contributed by atoms with Crippen LogP contribution in [0.4, 0.5) is 10.1 Å². The molecule has 0 aromatic carbocycles. The molecule has 0 unspecified atom stereocenters. The Morgan fingerprint density at radius 3 is 2.70 bits per heavy atom. The van der Waals surface area contributed by atoms with Gasteiger partial charge in [-0.05, 0) is 12.1 Å². The summed E-state index contributed by atoms with van der Waals surface area (Å²) >= 11 is 0. The fraction of sp³-hybridized carbons (Fsp3) is 0.286. The topological polar surface area (TPSA) is 24.9 Å². The van der Waals surface area contributed by atoms with Gasteiger partial charge < -0.3 is 5.32 Å². The van der Waals surface area contributed by atoms with E-state index in [1.807, 2.05) is 0 Å². The second-order valence-corrected chi connectivity index (χ2v) is 1.85. The molecule has 0 aliphatic heterocycles. The van der Waals surface area contributed by atoms with Gasteiger partial charge in [0, 0.05) is 24.6 Å². The summed E-state index contributed by atoms with van der Waals surface area (Å²) in [6.45, 7) is 0.0202. The van der Waals surface area contributed by atoms with Gasteiger partial charge in [-0.3, -0.25) is 4.98 Å². The molecule has 1 heterocycles. The SMILES string of the molecule is FCCNc1ccncc1. The van der Waals surface area contributed by atoms with Crippen LogP contribution in [-0.4, -0.2) is 18.2 Å². The minimum atomic E-state index is -0.345. The highest BCUT2D eigenvalue weighted by molar-refractivity contribution is 5.40. The molecule has 1 aromatic heterocycles. The zero-order valence-corrected chi connectivity index (χ0v) is 5.55. The van der Waals surface area contributed by atoms with Gasteiger partial charge in [-0.1, -0.05) is 0 Å². The van der Waals surface area contributed by atoms with Crippen LogP contribution in [0, 0.1) is 0 Å². The van der Waals surface area contributed by atoms with Crippen LogP contribution in [0.15, 0.2) is 24.5 Å². The third-order valence-electron chi connectivity index (χ3n) is 1.10. The molecule has 3 heteroatoms. The molecule has 0 amide bonds. The lowest BCUT2D eigenvalue weighted by molar-refractivity contribution is 0.513. The van der Waals surface area contributed by atoms with Crippen LogP contribution in [0.2, 0.25) is 0 Å². The number of halogens is 1. The van der Waals surface area contributed by atoms with Crippen molar-refractivity contribution in [2.24, 2.45) is 0 Å². The third kappa shape index (κ3) is 2.01. The molecule has 0 aliphatic carbocycles. The van der Waals surface area contributed by atoms with Crippen LogP contribution in [0.5, 0.6) is 0 Å². The van der Waals surface area contributed by atoms with Crippen LogP contribution in [0.1, 0.15) is 0 Å². The first kappa shape index (κ1) is 6.99. The van der Waals surface area contributed by atoms with Crippen molar-refractivity contribution in [3.05, 3.63) is 24.5 Å². The maximum absolute atomic E-state index is 11.6. The summed E-state index contributed by atoms with van der Waals surface area (Å²) in [7, 11) is 0. The number of nitrogens with one attached hydrogen (secondary N) is 1. The lowest BCUT2D eigenvalue weighted by Gasteiger charge is -2.00. The van der Waals surface area contributed by atoms with Crippen molar-refractivity contribution in [2.45, 2.75) is 0 Å². The van der Waals surface area contributed by atoms with E-state index in [9.17, 15) is 4.39 Å². The lowest BCUT2D eigenvalue weighted by atomic mass is 10.4. The van der Waals surface area contributed by atoms with Gasteiger partial charge in [-0.2, -0.15) is 0 Å². The molecular formula is C7H9FN2. The molecule has 1 N–H and O–H groups in total. The maximum atomic E-state index is 11.6. The molecule has 0 saturated heterocycles. The Morgan fingerprint density at radius 2 is 2.10 bits per heavy atom. The Kier molecular flexibility index (Phi) is 2.67. The van der Waals surface area contributed by atoms with E-state index < -0.39 is 0 Å². The summed E-state index contributed by atoms with van der Waals surface area (Å²) in [5.74, 6) is 0. The molecule has 0 atom stereocenters. The van der Waals surface area contributed by atoms with Gasteiger partial charge in [0.25, 0.3) is 0 Å². The van der Waals surface area contributed by atoms with Gasteiger partial charge >= 0.3 is 0 Å². The molecule has 0 spiro atoms. The van der Waals surface area contributed by atoms with Gasteiger partial charge in [-0.25, -0.2) is 4.39 Å². The smallest absolute Gasteiger partial charge is 0.107 e. The Labute approximate surface area is 59.1 Å². The predicted octanol–water partition coefficient (Wildman–Crippen LogP) is 1.46. The monoisotopic (exact) mass is 140 g/mol. The molecule has 54 valence electrons. The van der Waals surface area contributed by atoms with Gasteiger partial charge in [0.2, 0.25) is 0 Å². The minimum absolute atomic E-state index is 0.345. The largest absolute Gasteiger partial charge is 0.382 e. The van der Waals surface area contributed by atoms with Gasteiger partial charge in [0.15, 0.2) is 0 Å². The van der Waals surface area contributed by atoms with Crippen molar-refractivity contribution in [1.82, 2.24) is 4.98 Å². The van der Waals surface area contributed by atoms with E-state index in [2.05, 4.69) is 10.3 Å². The normalized spacial score (nSPS) is 9.30. The first-order chi connectivity index (χ1) is 4.93. The Bertz CT molecular complexity index is 176. The van der Waals surface area contributed by atoms with Crippen molar-refractivity contribution in [3.8, 4) is 0 Å². The molecule has 0 bridgehead atoms. The van der Waals surface area contributed by atoms with E-state index in [1.54, 1.807) is 24.5 Å². The number of alkyl halides is 1. The summed E-state index contributed by atoms with van der Waals surface area (Å²) in [6, 6.07) is 3.60. The quantitative estimate of drug-likeness (QED) is 0.687. The second-order valence-electron chi connectivity index (χ2n) is 1.85. The van der Waals surface area contributed by atoms with Crippen LogP contribution in [0.3, 0.4) is 0 Å². The highest BCUT2D eigenvalue weighted by Crippen LogP contribution is 2.01. The fourth-order valence-corrected chi connectivity index (χ4v) is 0.661. The lowest BCUT2D eigenvalue weighted by Crippen LogP contribution is -2.02. The number of hydrogen-bond acceptors (Lipinski definition) is 2. The van der Waals surface area contributed by atoms with Crippen LogP contribution in [0.25, 0.3) is 0 Å². The Morgan fingerprint density at radius 1 is 1.40 bits per heavy atom. The zero-order chi connectivity index (χ0) is 7.23. The highest BCUT2D eigenvalue weighted by Gasteiger charge is 1.86. The molecule has 10 heavy (non-hydrogen) atoms. The number of rotatable bonds is 3. The molecular weight excluding hydrogens is 131 g/mol. The maximum Gasteiger partial charge on any atom is 0.107 e. The molecule has 1 aromatic rings. The second kappa shape index (κ2) is 3.82. The number of hydrogen-bond donors (Lipinski definition) is 1. The molecule has 0 radical (unpaired) electrons. The number of pyridine rings is 1. The van der Waals surface area contributed by atoms with Gasteiger partial charge in [0.1, 0.15) is 6.67 Å². The number of nitrogens with zero attached hydrogens (tertiary/aromatic N) is 1. The van der Waals surface area contributed by atoms with Crippen molar-refractivity contribution in [3.63, 3.8) is 0 Å². The Balaban J connectivity index is 2.43. The van der Waals surface area contributed by atoms with Crippen molar-refractivity contribution < 1.29 is 4.39 Å². The first-order valence-electron chi connectivity index (χ1n) is 3.13. The van der Waals surface area contributed by atoms with Crippen LogP contribution in [-0.2, 0) is 0 Å². The van der Waals surface area contributed by atoms with Crippen molar-refractivity contribution in [1.29, 1.82) is 0 Å². The predicted molar refractivity (Wildman–Crippen MR) is 38.7 cm³/mol. The van der Waals surface area contributed by atoms with E-state index in [-0.39, 0.29) is 6.67 Å². The minimum Gasteiger partial charge on any atom is -0.382 e. The summed E-state index contributed by atoms with van der Waals surface area (Å²) in [5.41, 5.74) is 0.910. The van der Waals surface area contributed by atoms with E-state index in [4.69, 9.17) is 0 Å². The van der Waals surface area contributed by atoms with Crippen LogP contribution >= 0.6 is 0 Å². The third-order valence-corrected chi connectivity index (χ3v) is 1.10. The van der Waals surface area contributed by atoms with Crippen molar-refractivity contribution in [2.75, 3.05) is 18.5 Å². The van der Waals surface area contributed by atoms with E-state index in [0.717, 1.165) is 5.69 Å². The Hall–Kier alpha value is -1.12. The van der Waals surface area contributed by atoms with E-state index in [0.29, 0.717) is 6.54 Å². The van der Waals surface area contributed by atoms with Gasteiger partial charge in [0.05, 0.1) is 0 Å². The average molecular weight is 140 g/mol. The van der Waals surface area contributed by atoms with E-state index in [1.165, 1.54) is 0 Å². The number of aromatic nitrogens is 1. The first-order valence-corrected chi connectivity index (χ1v) is 3.13. The summed E-state index contributed by atoms with van der Waals surface area (Å²) < 4.78 is 11.6. The van der Waals surface area contributed by atoms with Crippen molar-refractivity contribution >= 4 is 5.69 Å². The summed E-state index contributed by atoms with van der Waals surface area (Å²) in [5, 5.41) is 2.88. The molecule has 1 rings (SSSR count). The van der Waals surface area contributed by atoms with Gasteiger partial charge in [-0.15, -0.1) is 0 Å². The van der Waals surface area contributed by atoms with E-state index >= 15 is 0 Å². The number of anilines is 1. The summed E-state index contributed by atoms with van der Waals surface area (Å²) in [6.07, 6.45) is 3.33.